The summed E-state index contributed by atoms with van der Waals surface area (Å²) in [5, 5.41) is 19.8. The van der Waals surface area contributed by atoms with Crippen molar-refractivity contribution in [1.29, 1.82) is 0 Å². The number of amides is 1. The van der Waals surface area contributed by atoms with E-state index in [0.717, 1.165) is 17.5 Å². The van der Waals surface area contributed by atoms with Gasteiger partial charge in [-0.2, -0.15) is 5.10 Å². The van der Waals surface area contributed by atoms with Crippen molar-refractivity contribution in [3.63, 3.8) is 0 Å². The number of nitrogens with one attached hydrogen (secondary N) is 2. The number of carbonyl (C=O) groups excluding carboxylic acids is 1. The first-order chi connectivity index (χ1) is 10.5. The van der Waals surface area contributed by atoms with Crippen molar-refractivity contribution in [3.8, 4) is 0 Å². The van der Waals surface area contributed by atoms with Crippen LogP contribution < -0.4 is 5.32 Å². The number of aromatic amines is 1. The molecule has 2 aromatic rings. The number of aryl methyl sites for hydroxylation is 1. The van der Waals surface area contributed by atoms with Crippen LogP contribution in [0.1, 0.15) is 42.7 Å². The van der Waals surface area contributed by atoms with Gasteiger partial charge in [0.25, 0.3) is 5.91 Å². The van der Waals surface area contributed by atoms with E-state index in [1.54, 1.807) is 12.3 Å². The standard InChI is InChI=1S/C16H24N4O2/c1-10(2)6-12(4-5-21)8-18-16(22)13-7-14-11(3)19-20-15(14)17-9-13/h7,9-10,12,21H,4-6,8H2,1-3H3,(H,18,22)(H,17,19,20). The fraction of sp³-hybridized carbons (Fsp3) is 0.562. The third-order valence-corrected chi connectivity index (χ3v) is 3.76. The molecule has 0 saturated carbocycles. The molecule has 0 bridgehead atoms. The van der Waals surface area contributed by atoms with E-state index >= 15 is 0 Å². The number of H-pyrrole nitrogens is 1. The quantitative estimate of drug-likeness (QED) is 0.730. The van der Waals surface area contributed by atoms with Gasteiger partial charge in [0.05, 0.1) is 5.56 Å². The van der Waals surface area contributed by atoms with E-state index in [4.69, 9.17) is 5.11 Å². The van der Waals surface area contributed by atoms with Gasteiger partial charge in [-0.05, 0) is 37.7 Å². The maximum Gasteiger partial charge on any atom is 0.252 e. The number of carbonyl (C=O) groups is 1. The number of aromatic nitrogens is 3. The predicted octanol–water partition coefficient (Wildman–Crippen LogP) is 2.04. The maximum atomic E-state index is 12.3. The summed E-state index contributed by atoms with van der Waals surface area (Å²) in [5.41, 5.74) is 2.05. The summed E-state index contributed by atoms with van der Waals surface area (Å²) < 4.78 is 0. The van der Waals surface area contributed by atoms with Crippen molar-refractivity contribution >= 4 is 16.9 Å². The van der Waals surface area contributed by atoms with Crippen molar-refractivity contribution in [3.05, 3.63) is 23.5 Å². The molecule has 22 heavy (non-hydrogen) atoms. The molecule has 0 aromatic carbocycles. The lowest BCUT2D eigenvalue weighted by Crippen LogP contribution is -2.30. The van der Waals surface area contributed by atoms with Gasteiger partial charge >= 0.3 is 0 Å². The molecular formula is C16H24N4O2. The molecular weight excluding hydrogens is 280 g/mol. The zero-order valence-electron chi connectivity index (χ0n) is 13.4. The van der Waals surface area contributed by atoms with Crippen LogP contribution in [0.4, 0.5) is 0 Å². The summed E-state index contributed by atoms with van der Waals surface area (Å²) in [6, 6.07) is 1.81. The normalized spacial score (nSPS) is 12.8. The summed E-state index contributed by atoms with van der Waals surface area (Å²) in [6.45, 7) is 6.91. The van der Waals surface area contributed by atoms with Crippen molar-refractivity contribution < 1.29 is 9.90 Å². The lowest BCUT2D eigenvalue weighted by Gasteiger charge is -2.18. The van der Waals surface area contributed by atoms with Gasteiger partial charge in [-0.25, -0.2) is 4.98 Å². The van der Waals surface area contributed by atoms with E-state index in [1.165, 1.54) is 0 Å². The molecule has 0 saturated heterocycles. The number of aliphatic hydroxyl groups is 1. The van der Waals surface area contributed by atoms with E-state index in [2.05, 4.69) is 34.3 Å². The molecule has 0 aliphatic rings. The van der Waals surface area contributed by atoms with E-state index in [0.29, 0.717) is 36.0 Å². The lowest BCUT2D eigenvalue weighted by atomic mass is 9.94. The summed E-state index contributed by atoms with van der Waals surface area (Å²) in [6.07, 6.45) is 3.23. The highest BCUT2D eigenvalue weighted by atomic mass is 16.3. The van der Waals surface area contributed by atoms with E-state index in [1.807, 2.05) is 6.92 Å². The van der Waals surface area contributed by atoms with Crippen LogP contribution in [0, 0.1) is 18.8 Å². The first-order valence-corrected chi connectivity index (χ1v) is 7.71. The highest BCUT2D eigenvalue weighted by Crippen LogP contribution is 2.16. The molecule has 0 fully saturated rings. The Morgan fingerprint density at radius 2 is 2.23 bits per heavy atom. The highest BCUT2D eigenvalue weighted by molar-refractivity contribution is 5.97. The summed E-state index contributed by atoms with van der Waals surface area (Å²) >= 11 is 0. The molecule has 1 unspecified atom stereocenters. The number of nitrogens with zero attached hydrogens (tertiary/aromatic N) is 2. The molecule has 0 radical (unpaired) electrons. The zero-order valence-corrected chi connectivity index (χ0v) is 13.4. The minimum absolute atomic E-state index is 0.137. The van der Waals surface area contributed by atoms with Crippen LogP contribution in [0.25, 0.3) is 11.0 Å². The Hall–Kier alpha value is -1.95. The van der Waals surface area contributed by atoms with Gasteiger partial charge in [0.15, 0.2) is 5.65 Å². The monoisotopic (exact) mass is 304 g/mol. The van der Waals surface area contributed by atoms with Crippen LogP contribution in [0.15, 0.2) is 12.3 Å². The molecule has 6 nitrogen and oxygen atoms in total. The third kappa shape index (κ3) is 4.04. The van der Waals surface area contributed by atoms with Crippen LogP contribution in [0.2, 0.25) is 0 Å². The van der Waals surface area contributed by atoms with Gasteiger partial charge in [-0.15, -0.1) is 0 Å². The van der Waals surface area contributed by atoms with Gasteiger partial charge < -0.3 is 10.4 Å². The lowest BCUT2D eigenvalue weighted by molar-refractivity contribution is 0.0941. The minimum atomic E-state index is -0.137. The molecule has 1 amide bonds. The summed E-state index contributed by atoms with van der Waals surface area (Å²) in [4.78, 5) is 16.5. The molecule has 2 rings (SSSR count). The van der Waals surface area contributed by atoms with Gasteiger partial charge in [0.1, 0.15) is 0 Å². The maximum absolute atomic E-state index is 12.3. The van der Waals surface area contributed by atoms with Crippen LogP contribution in [0.5, 0.6) is 0 Å². The second kappa shape index (κ2) is 7.35. The van der Waals surface area contributed by atoms with Crippen molar-refractivity contribution in [2.45, 2.75) is 33.6 Å². The SMILES string of the molecule is Cc1[nH]nc2ncc(C(=O)NCC(CCO)CC(C)C)cc12. The topological polar surface area (TPSA) is 90.9 Å². The first kappa shape index (κ1) is 16.4. The highest BCUT2D eigenvalue weighted by Gasteiger charge is 2.14. The number of hydrogen-bond donors (Lipinski definition) is 3. The van der Waals surface area contributed by atoms with Gasteiger partial charge in [0, 0.05) is 30.4 Å². The Labute approximate surface area is 130 Å². The molecule has 2 heterocycles. The Bertz CT molecular complexity index is 636. The number of aliphatic hydroxyl groups excluding tert-OH is 1. The summed E-state index contributed by atoms with van der Waals surface area (Å²) in [7, 11) is 0. The third-order valence-electron chi connectivity index (χ3n) is 3.76. The second-order valence-corrected chi connectivity index (χ2v) is 6.16. The van der Waals surface area contributed by atoms with E-state index in [-0.39, 0.29) is 12.5 Å². The molecule has 0 aliphatic carbocycles. The molecule has 120 valence electrons. The van der Waals surface area contributed by atoms with Gasteiger partial charge in [-0.1, -0.05) is 13.8 Å². The van der Waals surface area contributed by atoms with Crippen LogP contribution in [-0.2, 0) is 0 Å². The number of hydrogen-bond acceptors (Lipinski definition) is 4. The van der Waals surface area contributed by atoms with Crippen LogP contribution >= 0.6 is 0 Å². The Balaban J connectivity index is 2.01. The fourth-order valence-electron chi connectivity index (χ4n) is 2.64. The van der Waals surface area contributed by atoms with Crippen molar-refractivity contribution in [1.82, 2.24) is 20.5 Å². The Kier molecular flexibility index (Phi) is 5.49. The largest absolute Gasteiger partial charge is 0.396 e. The van der Waals surface area contributed by atoms with E-state index in [9.17, 15) is 4.79 Å². The predicted molar refractivity (Wildman–Crippen MR) is 85.6 cm³/mol. The average molecular weight is 304 g/mol. The number of fused-ring (bicyclic) bond motifs is 1. The fourth-order valence-corrected chi connectivity index (χ4v) is 2.64. The summed E-state index contributed by atoms with van der Waals surface area (Å²) in [5.74, 6) is 0.697. The number of pyridine rings is 1. The van der Waals surface area contributed by atoms with Crippen LogP contribution in [0.3, 0.4) is 0 Å². The van der Waals surface area contributed by atoms with Crippen molar-refractivity contribution in [2.75, 3.05) is 13.2 Å². The molecule has 6 heteroatoms. The van der Waals surface area contributed by atoms with Gasteiger partial charge in [0.2, 0.25) is 0 Å². The number of rotatable bonds is 7. The van der Waals surface area contributed by atoms with E-state index < -0.39 is 0 Å². The molecule has 0 spiro atoms. The molecule has 1 atom stereocenters. The minimum Gasteiger partial charge on any atom is -0.396 e. The smallest absolute Gasteiger partial charge is 0.252 e. The Morgan fingerprint density at radius 1 is 1.45 bits per heavy atom. The Morgan fingerprint density at radius 3 is 2.91 bits per heavy atom. The van der Waals surface area contributed by atoms with Crippen LogP contribution in [-0.4, -0.2) is 39.3 Å². The molecule has 0 aliphatic heterocycles. The average Bonchev–Trinajstić information content (AvgIpc) is 2.85. The zero-order chi connectivity index (χ0) is 16.1. The second-order valence-electron chi connectivity index (χ2n) is 6.16. The molecule has 3 N–H and O–H groups in total. The van der Waals surface area contributed by atoms with Crippen molar-refractivity contribution in [2.24, 2.45) is 11.8 Å². The van der Waals surface area contributed by atoms with Gasteiger partial charge in [-0.3, -0.25) is 9.89 Å². The molecule has 2 aromatic heterocycles. The first-order valence-electron chi connectivity index (χ1n) is 7.71.